The third-order valence-corrected chi connectivity index (χ3v) is 9.07. The fourth-order valence-electron chi connectivity index (χ4n) is 4.30. The van der Waals surface area contributed by atoms with Crippen LogP contribution in [0.25, 0.3) is 0 Å². The van der Waals surface area contributed by atoms with Crippen LogP contribution in [0.3, 0.4) is 0 Å². The van der Waals surface area contributed by atoms with E-state index in [0.717, 1.165) is 31.1 Å². The third kappa shape index (κ3) is 11.1. The molecule has 11 nitrogen and oxygen atoms in total. The molecule has 2 heterocycles. The Morgan fingerprint density at radius 1 is 0.676 bits per heavy atom. The van der Waals surface area contributed by atoms with Crippen LogP contribution in [-0.2, 0) is 19.7 Å². The zero-order chi connectivity index (χ0) is 24.3. The predicted octanol–water partition coefficient (Wildman–Crippen LogP) is 4.38. The van der Waals surface area contributed by atoms with Crippen LogP contribution in [0.5, 0.6) is 0 Å². The number of hydrogen-bond donors (Lipinski definition) is 2. The molecule has 2 aromatic heterocycles. The van der Waals surface area contributed by atoms with Gasteiger partial charge in [-0.1, -0.05) is 68.2 Å². The maximum atomic E-state index is 5.94. The highest BCUT2D eigenvalue weighted by Crippen LogP contribution is 2.23. The van der Waals surface area contributed by atoms with Crippen molar-refractivity contribution in [1.82, 2.24) is 41.2 Å². The molecular weight excluding hydrogens is 452 g/mol. The normalized spacial score (nSPS) is 12.9. The van der Waals surface area contributed by atoms with Gasteiger partial charge in [0.2, 0.25) is 0 Å². The van der Waals surface area contributed by atoms with Gasteiger partial charge in [0.05, 0.1) is 0 Å². The first kappa shape index (κ1) is 28.5. The van der Waals surface area contributed by atoms with Crippen LogP contribution in [0.15, 0.2) is 0 Å². The number of nitrogens with zero attached hydrogens (tertiary/aromatic N) is 6. The van der Waals surface area contributed by atoms with Gasteiger partial charge < -0.3 is 13.3 Å². The Bertz CT molecular complexity index is 688. The van der Waals surface area contributed by atoms with Crippen LogP contribution in [0, 0.1) is 0 Å². The van der Waals surface area contributed by atoms with E-state index in [4.69, 9.17) is 13.3 Å². The minimum Gasteiger partial charge on any atom is -0.374 e. The smallest absolute Gasteiger partial charge is 0.374 e. The summed E-state index contributed by atoms with van der Waals surface area (Å²) in [6.07, 6.45) is 14.2. The highest BCUT2D eigenvalue weighted by Gasteiger charge is 2.39. The molecule has 1 unspecified atom stereocenters. The van der Waals surface area contributed by atoms with Crippen molar-refractivity contribution in [3.63, 3.8) is 0 Å². The van der Waals surface area contributed by atoms with Crippen LogP contribution < -0.4 is 0 Å². The van der Waals surface area contributed by atoms with Gasteiger partial charge in [-0.2, -0.15) is 10.4 Å². The largest absolute Gasteiger partial charge is 0.500 e. The first-order chi connectivity index (χ1) is 16.7. The second kappa shape index (κ2) is 17.6. The molecular formula is C22H44N8O3Si. The number of unbranched alkanes of at least 4 members (excludes halogenated alkanes) is 9. The Balaban J connectivity index is 1.49. The van der Waals surface area contributed by atoms with E-state index in [2.05, 4.69) is 41.2 Å². The van der Waals surface area contributed by atoms with Crippen LogP contribution in [-0.4, -0.2) is 69.9 Å². The summed E-state index contributed by atoms with van der Waals surface area (Å²) in [5.74, 6) is 1.59. The Kier molecular flexibility index (Phi) is 14.8. The molecule has 0 spiro atoms. The minimum atomic E-state index is -2.46. The molecule has 12 heteroatoms. The molecule has 2 rings (SSSR count). The number of rotatable bonds is 22. The number of hydrogen-bond acceptors (Lipinski definition) is 9. The molecule has 194 valence electrons. The molecule has 0 fully saturated rings. The average molecular weight is 497 g/mol. The van der Waals surface area contributed by atoms with Crippen molar-refractivity contribution in [1.29, 1.82) is 0 Å². The van der Waals surface area contributed by atoms with Gasteiger partial charge in [-0.25, -0.2) is 0 Å². The summed E-state index contributed by atoms with van der Waals surface area (Å²) < 4.78 is 17.8. The van der Waals surface area contributed by atoms with E-state index in [-0.39, 0.29) is 5.92 Å². The van der Waals surface area contributed by atoms with E-state index in [9.17, 15) is 0 Å². The lowest BCUT2D eigenvalue weighted by Gasteiger charge is -2.28. The quantitative estimate of drug-likeness (QED) is 0.180. The average Bonchev–Trinajstić information content (AvgIpc) is 3.54. The molecule has 0 aliphatic rings. The SMILES string of the molecule is CCO[Si](CCCCCCCCCCCCC(Cc1nn[nH]n1)c1nn[nH]n1)(OCC)OCC. The van der Waals surface area contributed by atoms with Gasteiger partial charge in [-0.05, 0) is 33.6 Å². The van der Waals surface area contributed by atoms with E-state index in [1.54, 1.807) is 0 Å². The number of tetrazole rings is 2. The molecule has 0 saturated carbocycles. The highest BCUT2D eigenvalue weighted by molar-refractivity contribution is 6.60. The molecule has 2 aromatic rings. The molecule has 0 saturated heterocycles. The fraction of sp³-hybridized carbons (Fsp3) is 0.909. The minimum absolute atomic E-state index is 0.173. The molecule has 2 N–H and O–H groups in total. The van der Waals surface area contributed by atoms with Crippen molar-refractivity contribution in [2.75, 3.05) is 19.8 Å². The van der Waals surface area contributed by atoms with Gasteiger partial charge in [0.25, 0.3) is 0 Å². The van der Waals surface area contributed by atoms with E-state index in [0.29, 0.717) is 32.1 Å². The number of H-pyrrole nitrogens is 2. The van der Waals surface area contributed by atoms with E-state index in [1.165, 1.54) is 51.4 Å². The lowest BCUT2D eigenvalue weighted by atomic mass is 9.96. The Labute approximate surface area is 204 Å². The topological polar surface area (TPSA) is 137 Å². The maximum absolute atomic E-state index is 5.94. The Hall–Kier alpha value is -1.76. The van der Waals surface area contributed by atoms with Crippen LogP contribution in [0.1, 0.15) is 109 Å². The van der Waals surface area contributed by atoms with Crippen molar-refractivity contribution in [3.8, 4) is 0 Å². The lowest BCUT2D eigenvalue weighted by Crippen LogP contribution is -2.45. The summed E-state index contributed by atoms with van der Waals surface area (Å²) in [5.41, 5.74) is 0. The van der Waals surface area contributed by atoms with Gasteiger partial charge in [0.1, 0.15) is 0 Å². The van der Waals surface area contributed by atoms with Crippen LogP contribution >= 0.6 is 0 Å². The second-order valence-electron chi connectivity index (χ2n) is 8.56. The fourth-order valence-corrected chi connectivity index (χ4v) is 6.99. The molecule has 0 radical (unpaired) electrons. The highest BCUT2D eigenvalue weighted by atomic mass is 28.4. The summed E-state index contributed by atoms with van der Waals surface area (Å²) in [5, 5.41) is 28.8. The molecule has 0 aliphatic heterocycles. The monoisotopic (exact) mass is 496 g/mol. The maximum Gasteiger partial charge on any atom is 0.500 e. The summed E-state index contributed by atoms with van der Waals surface area (Å²) in [7, 11) is -2.46. The number of nitrogens with one attached hydrogen (secondary N) is 2. The first-order valence-electron chi connectivity index (χ1n) is 13.1. The van der Waals surface area contributed by atoms with Crippen molar-refractivity contribution in [3.05, 3.63) is 11.6 Å². The summed E-state index contributed by atoms with van der Waals surface area (Å²) in [6.45, 7) is 8.02. The van der Waals surface area contributed by atoms with Gasteiger partial charge in [0.15, 0.2) is 11.6 Å². The van der Waals surface area contributed by atoms with Gasteiger partial charge >= 0.3 is 8.80 Å². The molecule has 0 aliphatic carbocycles. The number of aromatic amines is 2. The molecule has 0 aromatic carbocycles. The van der Waals surface area contributed by atoms with Gasteiger partial charge in [0, 0.05) is 38.2 Å². The van der Waals surface area contributed by atoms with Gasteiger partial charge in [-0.15, -0.1) is 20.4 Å². The predicted molar refractivity (Wildman–Crippen MR) is 131 cm³/mol. The Morgan fingerprint density at radius 2 is 1.21 bits per heavy atom. The first-order valence-corrected chi connectivity index (χ1v) is 15.0. The van der Waals surface area contributed by atoms with Crippen molar-refractivity contribution >= 4 is 8.80 Å². The third-order valence-electron chi connectivity index (χ3n) is 5.92. The zero-order valence-corrected chi connectivity index (χ0v) is 22.3. The molecule has 34 heavy (non-hydrogen) atoms. The van der Waals surface area contributed by atoms with Crippen molar-refractivity contribution in [2.45, 2.75) is 110 Å². The van der Waals surface area contributed by atoms with Gasteiger partial charge in [-0.3, -0.25) is 0 Å². The second-order valence-corrected chi connectivity index (χ2v) is 11.3. The van der Waals surface area contributed by atoms with Crippen molar-refractivity contribution in [2.24, 2.45) is 0 Å². The molecule has 0 amide bonds. The zero-order valence-electron chi connectivity index (χ0n) is 21.3. The molecule has 0 bridgehead atoms. The van der Waals surface area contributed by atoms with Crippen LogP contribution in [0.4, 0.5) is 0 Å². The Morgan fingerprint density at radius 3 is 1.71 bits per heavy atom. The summed E-state index contributed by atoms with van der Waals surface area (Å²) in [4.78, 5) is 0. The van der Waals surface area contributed by atoms with Crippen molar-refractivity contribution < 1.29 is 13.3 Å². The van der Waals surface area contributed by atoms with E-state index >= 15 is 0 Å². The summed E-state index contributed by atoms with van der Waals surface area (Å²) in [6, 6.07) is 0.931. The van der Waals surface area contributed by atoms with E-state index in [1.807, 2.05) is 20.8 Å². The van der Waals surface area contributed by atoms with Crippen LogP contribution in [0.2, 0.25) is 6.04 Å². The summed E-state index contributed by atoms with van der Waals surface area (Å²) >= 11 is 0. The number of aromatic nitrogens is 8. The standard InChI is InChI=1S/C22H44N8O3Si/c1-4-31-34(32-5-2,33-6-3)18-16-14-12-10-8-7-9-11-13-15-17-20(22-25-29-30-26-22)19-21-23-27-28-24-21/h20H,4-19H2,1-3H3,(H,23,24,27,28)(H,25,26,29,30). The van der Waals surface area contributed by atoms with E-state index < -0.39 is 8.80 Å². The lowest BCUT2D eigenvalue weighted by molar-refractivity contribution is 0.0706. The molecule has 1 atom stereocenters.